The number of benzene rings is 2. The second kappa shape index (κ2) is 8.53. The van der Waals surface area contributed by atoms with Crippen molar-refractivity contribution in [3.63, 3.8) is 0 Å². The summed E-state index contributed by atoms with van der Waals surface area (Å²) >= 11 is 7.03. The fraction of sp³-hybridized carbons (Fsp3) is 0.304. The van der Waals surface area contributed by atoms with E-state index in [4.69, 9.17) is 12.2 Å². The molecule has 8 heteroatoms. The van der Waals surface area contributed by atoms with Gasteiger partial charge in [-0.3, -0.25) is 9.36 Å². The Bertz CT molecular complexity index is 1350. The van der Waals surface area contributed by atoms with Gasteiger partial charge < -0.3 is 14.8 Å². The Morgan fingerprint density at radius 1 is 1.10 bits per heavy atom. The van der Waals surface area contributed by atoms with E-state index in [1.165, 1.54) is 22.3 Å². The smallest absolute Gasteiger partial charge is 0.272 e. The number of nitrogens with one attached hydrogen (secondary N) is 2. The van der Waals surface area contributed by atoms with Gasteiger partial charge in [-0.2, -0.15) is 0 Å². The molecule has 0 radical (unpaired) electrons. The van der Waals surface area contributed by atoms with Gasteiger partial charge >= 0.3 is 0 Å². The van der Waals surface area contributed by atoms with Crippen LogP contribution in [0.1, 0.15) is 6.42 Å². The van der Waals surface area contributed by atoms with Gasteiger partial charge in [-0.15, -0.1) is 11.3 Å². The van der Waals surface area contributed by atoms with Gasteiger partial charge in [0.1, 0.15) is 10.5 Å². The first-order valence-corrected chi connectivity index (χ1v) is 11.8. The molecule has 1 saturated heterocycles. The molecule has 1 aliphatic rings. The first-order chi connectivity index (χ1) is 15.1. The second-order valence-electron chi connectivity index (χ2n) is 7.98. The molecule has 1 aliphatic heterocycles. The number of H-pyrrole nitrogens is 1. The number of quaternary nitrogens is 1. The fourth-order valence-corrected chi connectivity index (χ4v) is 5.81. The Hall–Kier alpha value is -2.55. The molecule has 31 heavy (non-hydrogen) atoms. The second-order valence-corrected chi connectivity index (χ2v) is 9.42. The number of aromatic amines is 1. The monoisotopic (exact) mass is 455 g/mol. The van der Waals surface area contributed by atoms with Crippen LogP contribution in [-0.2, 0) is 6.54 Å². The van der Waals surface area contributed by atoms with Crippen LogP contribution in [0.3, 0.4) is 0 Å². The number of nitrogens with zero attached hydrogens (tertiary/aromatic N) is 2. The number of hydrogen-bond donors (Lipinski definition) is 2. The fourth-order valence-electron chi connectivity index (χ4n) is 4.42. The molecule has 1 fully saturated rings. The lowest BCUT2D eigenvalue weighted by atomic mass is 10.2. The Morgan fingerprint density at radius 2 is 1.84 bits per heavy atom. The minimum atomic E-state index is -0.156. The van der Waals surface area contributed by atoms with Gasteiger partial charge in [0.15, 0.2) is 4.77 Å². The van der Waals surface area contributed by atoms with E-state index in [1.807, 2.05) is 36.4 Å². The Balaban J connectivity index is 1.24. The van der Waals surface area contributed by atoms with Crippen LogP contribution < -0.4 is 15.4 Å². The molecule has 0 saturated carbocycles. The normalized spacial score (nSPS) is 15.2. The topological polar surface area (TPSA) is 45.5 Å². The minimum Gasteiger partial charge on any atom is -0.358 e. The molecule has 5 rings (SSSR count). The molecule has 4 aromatic rings. The predicted molar refractivity (Wildman–Crippen MR) is 128 cm³/mol. The number of para-hydroxylation sites is 1. The molecule has 2 aromatic carbocycles. The van der Waals surface area contributed by atoms with Crippen LogP contribution in [-0.4, -0.2) is 42.3 Å². The van der Waals surface area contributed by atoms with E-state index in [9.17, 15) is 9.18 Å². The van der Waals surface area contributed by atoms with Gasteiger partial charge in [0.05, 0.1) is 43.9 Å². The highest BCUT2D eigenvalue weighted by Crippen LogP contribution is 2.29. The van der Waals surface area contributed by atoms with Gasteiger partial charge in [0, 0.05) is 23.1 Å². The van der Waals surface area contributed by atoms with E-state index >= 15 is 0 Å². The summed E-state index contributed by atoms with van der Waals surface area (Å²) in [5.74, 6) is -0.156. The van der Waals surface area contributed by atoms with Crippen molar-refractivity contribution in [2.24, 2.45) is 0 Å². The number of anilines is 1. The first-order valence-electron chi connectivity index (χ1n) is 10.6. The van der Waals surface area contributed by atoms with E-state index in [2.05, 4.69) is 9.88 Å². The number of rotatable bonds is 5. The Morgan fingerprint density at radius 3 is 2.65 bits per heavy atom. The number of piperazine rings is 1. The zero-order valence-corrected chi connectivity index (χ0v) is 18.7. The molecule has 0 unspecified atom stereocenters. The van der Waals surface area contributed by atoms with E-state index in [1.54, 1.807) is 10.6 Å². The highest BCUT2D eigenvalue weighted by Gasteiger charge is 2.21. The largest absolute Gasteiger partial charge is 0.358 e. The summed E-state index contributed by atoms with van der Waals surface area (Å²) in [5.41, 5.74) is 1.54. The zero-order valence-electron chi connectivity index (χ0n) is 17.1. The van der Waals surface area contributed by atoms with Gasteiger partial charge in [-0.1, -0.05) is 30.3 Å². The predicted octanol–water partition coefficient (Wildman–Crippen LogP) is 3.21. The van der Waals surface area contributed by atoms with Crippen molar-refractivity contribution >= 4 is 49.5 Å². The maximum absolute atomic E-state index is 14.0. The lowest BCUT2D eigenvalue weighted by molar-refractivity contribution is -0.900. The Kier molecular flexibility index (Phi) is 5.60. The number of fused-ring (bicyclic) bond motifs is 3. The summed E-state index contributed by atoms with van der Waals surface area (Å²) in [7, 11) is 0. The summed E-state index contributed by atoms with van der Waals surface area (Å²) in [6, 6.07) is 15.0. The van der Waals surface area contributed by atoms with Crippen LogP contribution in [0.15, 0.2) is 53.3 Å². The summed E-state index contributed by atoms with van der Waals surface area (Å²) < 4.78 is 18.0. The third-order valence-electron chi connectivity index (χ3n) is 6.09. The quantitative estimate of drug-likeness (QED) is 0.455. The maximum atomic E-state index is 14.0. The van der Waals surface area contributed by atoms with Crippen LogP contribution in [0.5, 0.6) is 0 Å². The first kappa shape index (κ1) is 20.4. The summed E-state index contributed by atoms with van der Waals surface area (Å²) in [4.78, 5) is 20.0. The molecule has 0 spiro atoms. The average molecular weight is 456 g/mol. The molecule has 0 aliphatic carbocycles. The van der Waals surface area contributed by atoms with Crippen molar-refractivity contribution in [3.05, 3.63) is 69.5 Å². The summed E-state index contributed by atoms with van der Waals surface area (Å²) in [6.45, 7) is 5.18. The number of aromatic nitrogens is 2. The summed E-state index contributed by atoms with van der Waals surface area (Å²) in [6.07, 6.45) is 0.878. The average Bonchev–Trinajstić information content (AvgIpc) is 3.16. The lowest BCUT2D eigenvalue weighted by Crippen LogP contribution is -3.14. The van der Waals surface area contributed by atoms with Crippen molar-refractivity contribution in [2.45, 2.75) is 13.0 Å². The molecule has 2 aromatic heterocycles. The standard InChI is InChI=1S/C23H23FN4OS2/c24-17-7-2-3-8-18(17)27-14-12-26(13-15-27)10-5-11-28-22(29)21-20(25-23(28)30)16-6-1-4-9-19(16)31-21/h1-4,6-9H,5,10-15H2,(H,25,30)/p+1. The molecule has 2 N–H and O–H groups in total. The molecular formula is C23H24FN4OS2+. The molecule has 0 amide bonds. The van der Waals surface area contributed by atoms with Gasteiger partial charge in [0.25, 0.3) is 5.56 Å². The van der Waals surface area contributed by atoms with Gasteiger partial charge in [0.2, 0.25) is 0 Å². The Labute approximate surface area is 188 Å². The van der Waals surface area contributed by atoms with Crippen LogP contribution >= 0.6 is 23.6 Å². The SMILES string of the molecule is O=c1c2sc3ccccc3c2[nH]c(=S)n1CCC[NH+]1CCN(c2ccccc2F)CC1. The van der Waals surface area contributed by atoms with E-state index in [-0.39, 0.29) is 11.4 Å². The van der Waals surface area contributed by atoms with Crippen molar-refractivity contribution in [2.75, 3.05) is 37.6 Å². The lowest BCUT2D eigenvalue weighted by Gasteiger charge is -2.33. The van der Waals surface area contributed by atoms with Crippen LogP contribution in [0.25, 0.3) is 20.3 Å². The molecule has 160 valence electrons. The van der Waals surface area contributed by atoms with Crippen molar-refractivity contribution in [1.29, 1.82) is 0 Å². The number of hydrogen-bond acceptors (Lipinski definition) is 4. The highest BCUT2D eigenvalue weighted by atomic mass is 32.1. The van der Waals surface area contributed by atoms with Crippen molar-refractivity contribution in [3.8, 4) is 0 Å². The third-order valence-corrected chi connectivity index (χ3v) is 7.57. The van der Waals surface area contributed by atoms with Gasteiger partial charge in [-0.05, 0) is 30.4 Å². The number of thiophene rings is 1. The molecule has 0 bridgehead atoms. The zero-order chi connectivity index (χ0) is 21.4. The molecular weight excluding hydrogens is 431 g/mol. The minimum absolute atomic E-state index is 0.000628. The molecule has 5 nitrogen and oxygen atoms in total. The summed E-state index contributed by atoms with van der Waals surface area (Å²) in [5, 5.41) is 1.05. The van der Waals surface area contributed by atoms with Crippen molar-refractivity contribution < 1.29 is 9.29 Å². The third kappa shape index (κ3) is 3.91. The molecule has 0 atom stereocenters. The van der Waals surface area contributed by atoms with Crippen molar-refractivity contribution in [1.82, 2.24) is 9.55 Å². The van der Waals surface area contributed by atoms with Crippen LogP contribution in [0.2, 0.25) is 0 Å². The van der Waals surface area contributed by atoms with E-state index in [0.29, 0.717) is 17.0 Å². The van der Waals surface area contributed by atoms with Gasteiger partial charge in [-0.25, -0.2) is 4.39 Å². The van der Waals surface area contributed by atoms with E-state index < -0.39 is 0 Å². The maximum Gasteiger partial charge on any atom is 0.272 e. The van der Waals surface area contributed by atoms with E-state index in [0.717, 1.165) is 59.4 Å². The highest BCUT2D eigenvalue weighted by molar-refractivity contribution is 7.71. The number of halogens is 1. The van der Waals surface area contributed by atoms with Crippen LogP contribution in [0, 0.1) is 10.6 Å². The molecule has 3 heterocycles. The van der Waals surface area contributed by atoms with Crippen LogP contribution in [0.4, 0.5) is 10.1 Å².